The third kappa shape index (κ3) is 2.88. The molecule has 4 heteroatoms. The van der Waals surface area contributed by atoms with Crippen LogP contribution in [0, 0.1) is 0 Å². The molecule has 1 fully saturated rings. The maximum absolute atomic E-state index is 13.1. The molecule has 0 amide bonds. The van der Waals surface area contributed by atoms with Crippen LogP contribution in [0.3, 0.4) is 0 Å². The number of nitrogens with zero attached hydrogens (tertiary/aromatic N) is 1. The van der Waals surface area contributed by atoms with E-state index in [1.165, 1.54) is 0 Å². The summed E-state index contributed by atoms with van der Waals surface area (Å²) in [7, 11) is 0. The molecule has 0 aromatic carbocycles. The first-order valence-electron chi connectivity index (χ1n) is 4.64. The van der Waals surface area contributed by atoms with Crippen molar-refractivity contribution < 1.29 is 13.5 Å². The highest BCUT2D eigenvalue weighted by Crippen LogP contribution is 2.22. The van der Waals surface area contributed by atoms with E-state index in [1.807, 2.05) is 20.8 Å². The molecule has 0 N–H and O–H groups in total. The Balaban J connectivity index is 2.67. The number of alkyl halides is 2. The average Bonchev–Trinajstić information content (AvgIpc) is 2.10. The second kappa shape index (κ2) is 3.88. The van der Waals surface area contributed by atoms with Crippen LogP contribution >= 0.6 is 0 Å². The second-order valence-electron chi connectivity index (χ2n) is 3.99. The van der Waals surface area contributed by atoms with Crippen LogP contribution in [-0.4, -0.2) is 42.7 Å². The van der Waals surface area contributed by atoms with Gasteiger partial charge in [-0.25, -0.2) is 8.78 Å². The van der Waals surface area contributed by atoms with E-state index in [0.29, 0.717) is 6.61 Å². The van der Waals surface area contributed by atoms with E-state index in [4.69, 9.17) is 4.74 Å². The number of hydrogen-bond acceptors (Lipinski definition) is 2. The van der Waals surface area contributed by atoms with Crippen molar-refractivity contribution in [2.24, 2.45) is 0 Å². The molecule has 0 bridgehead atoms. The van der Waals surface area contributed by atoms with Gasteiger partial charge in [-0.3, -0.25) is 4.90 Å². The van der Waals surface area contributed by atoms with Gasteiger partial charge in [0.25, 0.3) is 5.92 Å². The lowest BCUT2D eigenvalue weighted by Crippen LogP contribution is -2.45. The van der Waals surface area contributed by atoms with Crippen LogP contribution in [0.4, 0.5) is 8.78 Å². The lowest BCUT2D eigenvalue weighted by atomic mass is 10.2. The fraction of sp³-hybridized carbons (Fsp3) is 1.00. The van der Waals surface area contributed by atoms with Gasteiger partial charge in [0, 0.05) is 12.1 Å². The highest BCUT2D eigenvalue weighted by Gasteiger charge is 2.37. The van der Waals surface area contributed by atoms with Gasteiger partial charge in [-0.1, -0.05) is 0 Å². The Bertz CT molecular complexity index is 173. The molecule has 1 heterocycles. The fourth-order valence-electron chi connectivity index (χ4n) is 1.63. The SMILES string of the molecule is CC(C)N1CC(F)(F)COCC1C. The highest BCUT2D eigenvalue weighted by atomic mass is 19.3. The summed E-state index contributed by atoms with van der Waals surface area (Å²) in [6.45, 7) is 5.54. The minimum absolute atomic E-state index is 0.0772. The van der Waals surface area contributed by atoms with E-state index in [2.05, 4.69) is 0 Å². The Morgan fingerprint density at radius 3 is 2.62 bits per heavy atom. The third-order valence-corrected chi connectivity index (χ3v) is 2.32. The van der Waals surface area contributed by atoms with E-state index in [-0.39, 0.29) is 18.6 Å². The maximum Gasteiger partial charge on any atom is 0.283 e. The van der Waals surface area contributed by atoms with Crippen molar-refractivity contribution in [2.75, 3.05) is 19.8 Å². The molecule has 0 aliphatic carbocycles. The van der Waals surface area contributed by atoms with Crippen molar-refractivity contribution in [1.82, 2.24) is 4.90 Å². The largest absolute Gasteiger partial charge is 0.374 e. The maximum atomic E-state index is 13.1. The van der Waals surface area contributed by atoms with Gasteiger partial charge in [0.05, 0.1) is 13.2 Å². The molecule has 1 rings (SSSR count). The molecule has 0 saturated carbocycles. The Morgan fingerprint density at radius 1 is 1.46 bits per heavy atom. The van der Waals surface area contributed by atoms with Crippen LogP contribution in [0.1, 0.15) is 20.8 Å². The zero-order chi connectivity index (χ0) is 10.1. The summed E-state index contributed by atoms with van der Waals surface area (Å²) >= 11 is 0. The van der Waals surface area contributed by atoms with E-state index in [1.54, 1.807) is 4.90 Å². The smallest absolute Gasteiger partial charge is 0.283 e. The van der Waals surface area contributed by atoms with E-state index in [0.717, 1.165) is 0 Å². The molecule has 78 valence electrons. The quantitative estimate of drug-likeness (QED) is 0.629. The zero-order valence-electron chi connectivity index (χ0n) is 8.39. The Hall–Kier alpha value is -0.220. The number of rotatable bonds is 1. The number of halogens is 2. The van der Waals surface area contributed by atoms with E-state index in [9.17, 15) is 8.78 Å². The second-order valence-corrected chi connectivity index (χ2v) is 3.99. The highest BCUT2D eigenvalue weighted by molar-refractivity contribution is 4.81. The van der Waals surface area contributed by atoms with Gasteiger partial charge in [-0.2, -0.15) is 0 Å². The topological polar surface area (TPSA) is 12.5 Å². The minimum Gasteiger partial charge on any atom is -0.374 e. The van der Waals surface area contributed by atoms with Crippen LogP contribution in [0.15, 0.2) is 0 Å². The van der Waals surface area contributed by atoms with Crippen molar-refractivity contribution in [3.8, 4) is 0 Å². The normalized spacial score (nSPS) is 30.5. The van der Waals surface area contributed by atoms with Gasteiger partial charge >= 0.3 is 0 Å². The van der Waals surface area contributed by atoms with Crippen molar-refractivity contribution in [3.05, 3.63) is 0 Å². The van der Waals surface area contributed by atoms with Crippen molar-refractivity contribution >= 4 is 0 Å². The number of hydrogen-bond donors (Lipinski definition) is 0. The molecule has 1 atom stereocenters. The van der Waals surface area contributed by atoms with Crippen molar-refractivity contribution in [1.29, 1.82) is 0 Å². The molecule has 0 radical (unpaired) electrons. The van der Waals surface area contributed by atoms with Gasteiger partial charge in [0.15, 0.2) is 0 Å². The first-order valence-corrected chi connectivity index (χ1v) is 4.64. The molecule has 1 aliphatic heterocycles. The zero-order valence-corrected chi connectivity index (χ0v) is 8.39. The van der Waals surface area contributed by atoms with Gasteiger partial charge < -0.3 is 4.74 Å². The molecule has 2 nitrogen and oxygen atoms in total. The Labute approximate surface area is 77.9 Å². The fourth-order valence-corrected chi connectivity index (χ4v) is 1.63. The van der Waals surface area contributed by atoms with Crippen LogP contribution < -0.4 is 0 Å². The van der Waals surface area contributed by atoms with Crippen LogP contribution in [0.25, 0.3) is 0 Å². The molecule has 0 spiro atoms. The van der Waals surface area contributed by atoms with E-state index >= 15 is 0 Å². The summed E-state index contributed by atoms with van der Waals surface area (Å²) in [5.74, 6) is -2.70. The Kier molecular flexibility index (Phi) is 3.24. The lowest BCUT2D eigenvalue weighted by Gasteiger charge is -2.31. The Morgan fingerprint density at radius 2 is 2.08 bits per heavy atom. The molecule has 0 aromatic heterocycles. The first-order chi connectivity index (χ1) is 5.92. The van der Waals surface area contributed by atoms with Crippen LogP contribution in [0.5, 0.6) is 0 Å². The molecule has 1 saturated heterocycles. The van der Waals surface area contributed by atoms with Crippen molar-refractivity contribution in [2.45, 2.75) is 38.8 Å². The third-order valence-electron chi connectivity index (χ3n) is 2.32. The summed E-state index contributed by atoms with van der Waals surface area (Å²) in [5.41, 5.74) is 0. The molecule has 1 aliphatic rings. The summed E-state index contributed by atoms with van der Waals surface area (Å²) in [5, 5.41) is 0. The van der Waals surface area contributed by atoms with Gasteiger partial charge in [0.1, 0.15) is 6.61 Å². The summed E-state index contributed by atoms with van der Waals surface area (Å²) < 4.78 is 31.1. The van der Waals surface area contributed by atoms with Crippen LogP contribution in [0.2, 0.25) is 0 Å². The van der Waals surface area contributed by atoms with Crippen LogP contribution in [-0.2, 0) is 4.74 Å². The molecule has 1 unspecified atom stereocenters. The summed E-state index contributed by atoms with van der Waals surface area (Å²) in [6, 6.07) is 0.218. The van der Waals surface area contributed by atoms with Gasteiger partial charge in [-0.15, -0.1) is 0 Å². The predicted molar refractivity (Wildman–Crippen MR) is 47.1 cm³/mol. The van der Waals surface area contributed by atoms with E-state index < -0.39 is 12.5 Å². The molecule has 0 aromatic rings. The standard InChI is InChI=1S/C9H17F2NO/c1-7(2)12-5-9(10,11)6-13-4-8(12)3/h7-8H,4-6H2,1-3H3. The van der Waals surface area contributed by atoms with Crippen molar-refractivity contribution in [3.63, 3.8) is 0 Å². The minimum atomic E-state index is -2.70. The van der Waals surface area contributed by atoms with Gasteiger partial charge in [-0.05, 0) is 20.8 Å². The summed E-state index contributed by atoms with van der Waals surface area (Å²) in [6.07, 6.45) is 0. The molecular weight excluding hydrogens is 176 g/mol. The summed E-state index contributed by atoms with van der Waals surface area (Å²) in [4.78, 5) is 1.78. The molecule has 13 heavy (non-hydrogen) atoms. The molecular formula is C9H17F2NO. The predicted octanol–water partition coefficient (Wildman–Crippen LogP) is 1.75. The first kappa shape index (κ1) is 10.9. The van der Waals surface area contributed by atoms with Gasteiger partial charge in [0.2, 0.25) is 0 Å². The monoisotopic (exact) mass is 193 g/mol. The lowest BCUT2D eigenvalue weighted by molar-refractivity contribution is -0.0709. The average molecular weight is 193 g/mol. The number of ether oxygens (including phenoxy) is 1.